The summed E-state index contributed by atoms with van der Waals surface area (Å²) in [4.78, 5) is 13.5. The first-order chi connectivity index (χ1) is 10.2. The molecule has 0 bridgehead atoms. The van der Waals surface area contributed by atoms with Gasteiger partial charge in [0.25, 0.3) is 0 Å². The zero-order chi connectivity index (χ0) is 15.2. The molecule has 0 saturated carbocycles. The third-order valence-electron chi connectivity index (χ3n) is 4.16. The van der Waals surface area contributed by atoms with Crippen LogP contribution in [0.5, 0.6) is 5.75 Å². The van der Waals surface area contributed by atoms with Crippen LogP contribution >= 0.6 is 0 Å². The average molecular weight is 293 g/mol. The number of piperazine rings is 1. The van der Waals surface area contributed by atoms with Crippen molar-refractivity contribution in [3.8, 4) is 5.75 Å². The maximum atomic E-state index is 5.53. The van der Waals surface area contributed by atoms with Crippen molar-refractivity contribution in [2.75, 3.05) is 50.1 Å². The molecule has 1 atom stereocenters. The lowest BCUT2D eigenvalue weighted by Crippen LogP contribution is -2.49. The standard InChI is InChI=1S/C15H27N5O/c1-5-12(3)19-7-9-20(10-8-19)15-13(21-4)14(16-6-2)17-11-18-15/h11-12H,5-10H2,1-4H3,(H,16,17,18). The van der Waals surface area contributed by atoms with Gasteiger partial charge in [-0.1, -0.05) is 6.92 Å². The van der Waals surface area contributed by atoms with Crippen LogP contribution in [0.15, 0.2) is 6.33 Å². The number of anilines is 2. The number of hydrogen-bond acceptors (Lipinski definition) is 6. The maximum Gasteiger partial charge on any atom is 0.204 e. The van der Waals surface area contributed by atoms with Gasteiger partial charge in [0.2, 0.25) is 5.75 Å². The molecule has 1 saturated heterocycles. The van der Waals surface area contributed by atoms with Crippen LogP contribution in [-0.4, -0.2) is 60.7 Å². The van der Waals surface area contributed by atoms with Gasteiger partial charge in [-0.2, -0.15) is 0 Å². The molecule has 1 aromatic heterocycles. The summed E-state index contributed by atoms with van der Waals surface area (Å²) >= 11 is 0. The molecule has 6 nitrogen and oxygen atoms in total. The Hall–Kier alpha value is -1.56. The largest absolute Gasteiger partial charge is 0.490 e. The number of ether oxygens (including phenoxy) is 1. The minimum Gasteiger partial charge on any atom is -0.490 e. The lowest BCUT2D eigenvalue weighted by molar-refractivity contribution is 0.192. The van der Waals surface area contributed by atoms with Crippen molar-refractivity contribution >= 4 is 11.6 Å². The molecule has 118 valence electrons. The Balaban J connectivity index is 2.11. The van der Waals surface area contributed by atoms with Gasteiger partial charge in [0.1, 0.15) is 6.33 Å². The number of aromatic nitrogens is 2. The number of methoxy groups -OCH3 is 1. The van der Waals surface area contributed by atoms with Crippen molar-refractivity contribution in [2.24, 2.45) is 0 Å². The fourth-order valence-corrected chi connectivity index (χ4v) is 2.70. The van der Waals surface area contributed by atoms with Gasteiger partial charge >= 0.3 is 0 Å². The van der Waals surface area contributed by atoms with Gasteiger partial charge in [-0.15, -0.1) is 0 Å². The van der Waals surface area contributed by atoms with Crippen LogP contribution in [0.2, 0.25) is 0 Å². The Bertz CT molecular complexity index is 446. The number of nitrogens with zero attached hydrogens (tertiary/aromatic N) is 4. The van der Waals surface area contributed by atoms with E-state index in [0.717, 1.165) is 50.1 Å². The maximum absolute atomic E-state index is 5.53. The summed E-state index contributed by atoms with van der Waals surface area (Å²) in [6, 6.07) is 0.650. The highest BCUT2D eigenvalue weighted by molar-refractivity contribution is 5.64. The molecule has 1 aliphatic heterocycles. The molecule has 0 aliphatic carbocycles. The van der Waals surface area contributed by atoms with E-state index in [1.165, 1.54) is 6.42 Å². The number of rotatable bonds is 6. The summed E-state index contributed by atoms with van der Waals surface area (Å²) in [5.41, 5.74) is 0. The lowest BCUT2D eigenvalue weighted by atomic mass is 10.2. The van der Waals surface area contributed by atoms with Crippen LogP contribution in [0.25, 0.3) is 0 Å². The van der Waals surface area contributed by atoms with Crippen LogP contribution in [0.4, 0.5) is 11.6 Å². The van der Waals surface area contributed by atoms with E-state index in [0.29, 0.717) is 6.04 Å². The topological polar surface area (TPSA) is 53.5 Å². The van der Waals surface area contributed by atoms with Gasteiger partial charge in [-0.25, -0.2) is 9.97 Å². The Kier molecular flexibility index (Phi) is 5.61. The van der Waals surface area contributed by atoms with Crippen molar-refractivity contribution < 1.29 is 4.74 Å². The van der Waals surface area contributed by atoms with Crippen molar-refractivity contribution in [2.45, 2.75) is 33.2 Å². The molecule has 1 fully saturated rings. The third kappa shape index (κ3) is 3.56. The normalized spacial score (nSPS) is 17.6. The molecule has 1 unspecified atom stereocenters. The van der Waals surface area contributed by atoms with Crippen LogP contribution in [-0.2, 0) is 0 Å². The van der Waals surface area contributed by atoms with Gasteiger partial charge in [0, 0.05) is 38.8 Å². The SMILES string of the molecule is CCNc1ncnc(N2CCN(C(C)CC)CC2)c1OC. The molecular weight excluding hydrogens is 266 g/mol. The summed E-state index contributed by atoms with van der Waals surface area (Å²) < 4.78 is 5.53. The highest BCUT2D eigenvalue weighted by atomic mass is 16.5. The van der Waals surface area contributed by atoms with E-state index in [-0.39, 0.29) is 0 Å². The second-order valence-electron chi connectivity index (χ2n) is 5.39. The van der Waals surface area contributed by atoms with Gasteiger partial charge < -0.3 is 15.0 Å². The minimum atomic E-state index is 0.650. The fourth-order valence-electron chi connectivity index (χ4n) is 2.70. The Labute approximate surface area is 127 Å². The number of hydrogen-bond donors (Lipinski definition) is 1. The predicted molar refractivity (Wildman–Crippen MR) is 86.3 cm³/mol. The molecule has 2 rings (SSSR count). The predicted octanol–water partition coefficient (Wildman–Crippen LogP) is 1.84. The molecule has 21 heavy (non-hydrogen) atoms. The zero-order valence-electron chi connectivity index (χ0n) is 13.6. The molecule has 1 aromatic rings. The van der Waals surface area contributed by atoms with E-state index in [1.807, 2.05) is 6.92 Å². The molecular formula is C15H27N5O. The zero-order valence-corrected chi connectivity index (χ0v) is 13.6. The fraction of sp³-hybridized carbons (Fsp3) is 0.733. The van der Waals surface area contributed by atoms with E-state index in [9.17, 15) is 0 Å². The quantitative estimate of drug-likeness (QED) is 0.864. The smallest absolute Gasteiger partial charge is 0.204 e. The molecule has 0 aromatic carbocycles. The Morgan fingerprint density at radius 1 is 1.24 bits per heavy atom. The Morgan fingerprint density at radius 2 is 1.95 bits per heavy atom. The molecule has 0 spiro atoms. The summed E-state index contributed by atoms with van der Waals surface area (Å²) in [6.45, 7) is 11.5. The first kappa shape index (κ1) is 15.8. The van der Waals surface area contributed by atoms with E-state index in [1.54, 1.807) is 13.4 Å². The van der Waals surface area contributed by atoms with E-state index >= 15 is 0 Å². The van der Waals surface area contributed by atoms with Crippen molar-refractivity contribution in [1.29, 1.82) is 0 Å². The summed E-state index contributed by atoms with van der Waals surface area (Å²) in [6.07, 6.45) is 2.80. The minimum absolute atomic E-state index is 0.650. The van der Waals surface area contributed by atoms with Crippen LogP contribution in [0.3, 0.4) is 0 Å². The van der Waals surface area contributed by atoms with Gasteiger partial charge in [0.05, 0.1) is 7.11 Å². The first-order valence-electron chi connectivity index (χ1n) is 7.83. The van der Waals surface area contributed by atoms with Gasteiger partial charge in [0.15, 0.2) is 11.6 Å². The summed E-state index contributed by atoms with van der Waals surface area (Å²) in [5.74, 6) is 2.41. The Morgan fingerprint density at radius 3 is 2.52 bits per heavy atom. The molecule has 0 amide bonds. The molecule has 1 aliphatic rings. The highest BCUT2D eigenvalue weighted by Crippen LogP contribution is 2.32. The summed E-state index contributed by atoms with van der Waals surface area (Å²) in [5, 5.41) is 3.23. The van der Waals surface area contributed by atoms with Crippen molar-refractivity contribution in [3.05, 3.63) is 6.33 Å². The van der Waals surface area contributed by atoms with E-state index < -0.39 is 0 Å². The second kappa shape index (κ2) is 7.45. The van der Waals surface area contributed by atoms with Crippen LogP contribution in [0.1, 0.15) is 27.2 Å². The van der Waals surface area contributed by atoms with Gasteiger partial charge in [-0.3, -0.25) is 4.90 Å². The molecule has 2 heterocycles. The van der Waals surface area contributed by atoms with E-state index in [2.05, 4.69) is 38.9 Å². The highest BCUT2D eigenvalue weighted by Gasteiger charge is 2.24. The molecule has 0 radical (unpaired) electrons. The van der Waals surface area contributed by atoms with Crippen molar-refractivity contribution in [3.63, 3.8) is 0 Å². The second-order valence-corrected chi connectivity index (χ2v) is 5.39. The monoisotopic (exact) mass is 293 g/mol. The lowest BCUT2D eigenvalue weighted by Gasteiger charge is -2.38. The van der Waals surface area contributed by atoms with Crippen molar-refractivity contribution in [1.82, 2.24) is 14.9 Å². The van der Waals surface area contributed by atoms with Gasteiger partial charge in [-0.05, 0) is 20.3 Å². The molecule has 1 N–H and O–H groups in total. The van der Waals surface area contributed by atoms with Crippen LogP contribution < -0.4 is 15.0 Å². The number of nitrogens with one attached hydrogen (secondary N) is 1. The third-order valence-corrected chi connectivity index (χ3v) is 4.16. The first-order valence-corrected chi connectivity index (χ1v) is 7.83. The van der Waals surface area contributed by atoms with Crippen LogP contribution in [0, 0.1) is 0 Å². The van der Waals surface area contributed by atoms with E-state index in [4.69, 9.17) is 4.74 Å². The average Bonchev–Trinajstić information content (AvgIpc) is 2.54. The summed E-state index contributed by atoms with van der Waals surface area (Å²) in [7, 11) is 1.68. The molecule has 6 heteroatoms.